The number of rotatable bonds is 9. The number of nitrogen functional groups attached to an aromatic ring is 1. The first kappa shape index (κ1) is 25.1. The van der Waals surface area contributed by atoms with Crippen LogP contribution in [0.2, 0.25) is 0 Å². The third-order valence-electron chi connectivity index (χ3n) is 4.76. The summed E-state index contributed by atoms with van der Waals surface area (Å²) in [6.07, 6.45) is 1.71. The number of aliphatic hydroxyl groups excluding tert-OH is 1. The van der Waals surface area contributed by atoms with Crippen LogP contribution in [0.1, 0.15) is 13.0 Å². The molecule has 1 saturated carbocycles. The van der Waals surface area contributed by atoms with Crippen molar-refractivity contribution < 1.29 is 51.5 Å². The number of imidazole rings is 1. The topological polar surface area (TPSA) is 250 Å². The summed E-state index contributed by atoms with van der Waals surface area (Å²) in [6.45, 7) is 4.80. The lowest BCUT2D eigenvalue weighted by atomic mass is 9.63. The molecule has 178 valence electrons. The van der Waals surface area contributed by atoms with Crippen LogP contribution in [-0.4, -0.2) is 56.9 Å². The average Bonchev–Trinajstić information content (AvgIpc) is 3.00. The highest BCUT2D eigenvalue weighted by atomic mass is 31.3. The van der Waals surface area contributed by atoms with E-state index in [1.165, 1.54) is 19.6 Å². The van der Waals surface area contributed by atoms with Crippen molar-refractivity contribution in [1.82, 2.24) is 19.5 Å². The van der Waals surface area contributed by atoms with Crippen LogP contribution in [0.25, 0.3) is 11.2 Å². The first-order valence-electron chi connectivity index (χ1n) is 8.70. The van der Waals surface area contributed by atoms with E-state index in [9.17, 15) is 28.6 Å². The van der Waals surface area contributed by atoms with Crippen LogP contribution in [0.4, 0.5) is 5.82 Å². The van der Waals surface area contributed by atoms with Gasteiger partial charge >= 0.3 is 23.5 Å². The number of fused-ring (bicyclic) bond motifs is 1. The molecule has 6 atom stereocenters. The van der Waals surface area contributed by atoms with Crippen molar-refractivity contribution in [2.24, 2.45) is 11.8 Å². The molecule has 0 radical (unpaired) electrons. The highest BCUT2D eigenvalue weighted by Gasteiger charge is 2.50. The number of phosphoric ester groups is 1. The summed E-state index contributed by atoms with van der Waals surface area (Å²) in [4.78, 5) is 48.1. The second-order valence-corrected chi connectivity index (χ2v) is 11.3. The Morgan fingerprint density at radius 1 is 1.16 bits per heavy atom. The molecule has 7 N–H and O–H groups in total. The molecular weight excluding hydrogens is 495 g/mol. The molecule has 2 aromatic rings. The minimum atomic E-state index is -5.63. The Morgan fingerprint density at radius 3 is 2.41 bits per heavy atom. The Balaban J connectivity index is 1.75. The molecule has 2 aromatic heterocycles. The number of phosphoric acid groups is 3. The van der Waals surface area contributed by atoms with Gasteiger partial charge in [-0.2, -0.15) is 8.62 Å². The van der Waals surface area contributed by atoms with Crippen molar-refractivity contribution in [1.29, 1.82) is 0 Å². The molecule has 0 saturated heterocycles. The molecule has 0 amide bonds. The minimum absolute atomic E-state index is 0.150. The Bertz CT molecular complexity index is 1180. The van der Waals surface area contributed by atoms with E-state index in [2.05, 4.69) is 34.7 Å². The van der Waals surface area contributed by atoms with Crippen molar-refractivity contribution in [3.63, 3.8) is 0 Å². The molecule has 1 fully saturated rings. The van der Waals surface area contributed by atoms with Crippen LogP contribution in [0.15, 0.2) is 24.8 Å². The second kappa shape index (κ2) is 8.67. The molecule has 16 nitrogen and oxygen atoms in total. The fraction of sp³-hybridized carbons (Fsp3) is 0.462. The fourth-order valence-corrected chi connectivity index (χ4v) is 6.59. The monoisotopic (exact) mass is 515 g/mol. The predicted molar refractivity (Wildman–Crippen MR) is 106 cm³/mol. The molecule has 19 heteroatoms. The van der Waals surface area contributed by atoms with Crippen LogP contribution in [0.5, 0.6) is 0 Å². The van der Waals surface area contributed by atoms with Gasteiger partial charge in [0, 0.05) is 11.8 Å². The molecule has 0 aromatic carbocycles. The van der Waals surface area contributed by atoms with Crippen LogP contribution < -0.4 is 5.73 Å². The van der Waals surface area contributed by atoms with Gasteiger partial charge in [0.1, 0.15) is 11.8 Å². The van der Waals surface area contributed by atoms with Crippen molar-refractivity contribution in [3.05, 3.63) is 24.8 Å². The lowest BCUT2D eigenvalue weighted by Crippen LogP contribution is -2.48. The quantitative estimate of drug-likeness (QED) is 0.196. The summed E-state index contributed by atoms with van der Waals surface area (Å²) in [5.41, 5.74) is 6.94. The zero-order valence-corrected chi connectivity index (χ0v) is 19.0. The second-order valence-electron chi connectivity index (χ2n) is 6.91. The van der Waals surface area contributed by atoms with Gasteiger partial charge in [-0.25, -0.2) is 28.6 Å². The number of hydrogen-bond acceptors (Lipinski definition) is 11. The molecule has 1 aliphatic rings. The Kier molecular flexibility index (Phi) is 6.80. The number of nitrogens with two attached hydrogens (primary N) is 1. The van der Waals surface area contributed by atoms with Crippen LogP contribution in [-0.2, 0) is 26.8 Å². The number of hydrogen-bond donors (Lipinski definition) is 6. The molecule has 2 heterocycles. The van der Waals surface area contributed by atoms with Gasteiger partial charge in [-0.05, 0) is 12.5 Å². The van der Waals surface area contributed by atoms with Crippen LogP contribution in [0, 0.1) is 11.8 Å². The van der Waals surface area contributed by atoms with E-state index >= 15 is 0 Å². The van der Waals surface area contributed by atoms with E-state index in [4.69, 9.17) is 15.5 Å². The number of anilines is 1. The summed E-state index contributed by atoms with van der Waals surface area (Å²) < 4.78 is 47.7. The van der Waals surface area contributed by atoms with Gasteiger partial charge < -0.3 is 35.0 Å². The summed E-state index contributed by atoms with van der Waals surface area (Å²) in [6, 6.07) is -0.538. The highest BCUT2D eigenvalue weighted by molar-refractivity contribution is 7.66. The van der Waals surface area contributed by atoms with Gasteiger partial charge in [-0.3, -0.25) is 4.52 Å². The summed E-state index contributed by atoms with van der Waals surface area (Å²) in [5.74, 6) is -1.17. The molecule has 2 unspecified atom stereocenters. The first-order valence-corrected chi connectivity index (χ1v) is 13.2. The van der Waals surface area contributed by atoms with Crippen molar-refractivity contribution in [2.45, 2.75) is 19.1 Å². The van der Waals surface area contributed by atoms with Crippen LogP contribution >= 0.6 is 23.5 Å². The number of aliphatic hydroxyl groups is 1. The summed E-state index contributed by atoms with van der Waals surface area (Å²) >= 11 is 0. The third kappa shape index (κ3) is 5.33. The fourth-order valence-electron chi connectivity index (χ4n) is 3.55. The Morgan fingerprint density at radius 2 is 1.81 bits per heavy atom. The van der Waals surface area contributed by atoms with Gasteiger partial charge in [0.15, 0.2) is 11.5 Å². The van der Waals surface area contributed by atoms with E-state index in [-0.39, 0.29) is 5.82 Å². The smallest absolute Gasteiger partial charge is 0.393 e. The molecule has 1 aliphatic carbocycles. The average molecular weight is 515 g/mol. The van der Waals surface area contributed by atoms with Gasteiger partial charge in [0.2, 0.25) is 0 Å². The van der Waals surface area contributed by atoms with Crippen molar-refractivity contribution >= 4 is 40.4 Å². The number of aromatic nitrogens is 4. The molecule has 0 bridgehead atoms. The Labute approximate surface area is 180 Å². The van der Waals surface area contributed by atoms with Gasteiger partial charge in [-0.1, -0.05) is 6.58 Å². The largest absolute Gasteiger partial charge is 0.490 e. The van der Waals surface area contributed by atoms with E-state index in [0.29, 0.717) is 16.7 Å². The highest BCUT2D eigenvalue weighted by Crippen LogP contribution is 2.66. The molecule has 32 heavy (non-hydrogen) atoms. The van der Waals surface area contributed by atoms with Crippen molar-refractivity contribution in [2.75, 3.05) is 12.3 Å². The van der Waals surface area contributed by atoms with Crippen LogP contribution in [0.3, 0.4) is 0 Å². The summed E-state index contributed by atoms with van der Waals surface area (Å²) in [7, 11) is -16.4. The zero-order valence-electron chi connectivity index (χ0n) is 16.3. The maximum absolute atomic E-state index is 12.0. The predicted octanol–water partition coefficient (Wildman–Crippen LogP) is 0.476. The van der Waals surface area contributed by atoms with Gasteiger partial charge in [0.05, 0.1) is 25.1 Å². The first-order chi connectivity index (χ1) is 14.6. The lowest BCUT2D eigenvalue weighted by Gasteiger charge is -2.49. The minimum Gasteiger partial charge on any atom is -0.393 e. The summed E-state index contributed by atoms with van der Waals surface area (Å²) in [5, 5.41) is 10.3. The SMILES string of the molecule is C=C1[C@@H](n2cnc3c(N)ncnc32)[C@H]([C@H](C)O)[C@H]1COP(=O)(O)OP(=O)(O)OP(=O)(O)O. The normalized spacial score (nSPS) is 26.3. The standard InChI is InChI=1S/C13H20N5O11P3/c1-6-8(3-27-31(23,24)29-32(25,26)28-30(20,21)22)9(7(2)19)11(6)18-5-17-10-12(14)15-4-16-13(10)18/h4-5,7-9,11,19H,1,3H2,2H3,(H,23,24)(H,25,26)(H2,14,15,16)(H2,20,21,22)/t7-,8-,9+,11+/m0/s1. The maximum Gasteiger partial charge on any atom is 0.490 e. The van der Waals surface area contributed by atoms with E-state index in [1.54, 1.807) is 4.57 Å². The zero-order chi connectivity index (χ0) is 24.1. The van der Waals surface area contributed by atoms with Gasteiger partial charge in [-0.15, -0.1) is 0 Å². The van der Waals surface area contributed by atoms with Gasteiger partial charge in [0.25, 0.3) is 0 Å². The lowest BCUT2D eigenvalue weighted by molar-refractivity contribution is 0.00190. The molecular formula is C13H20N5O11P3. The molecule has 0 aliphatic heterocycles. The molecule has 3 rings (SSSR count). The van der Waals surface area contributed by atoms with E-state index in [1.807, 2.05) is 0 Å². The molecule has 0 spiro atoms. The van der Waals surface area contributed by atoms with E-state index in [0.717, 1.165) is 0 Å². The number of nitrogens with zero attached hydrogens (tertiary/aromatic N) is 4. The van der Waals surface area contributed by atoms with Crippen molar-refractivity contribution in [3.8, 4) is 0 Å². The van der Waals surface area contributed by atoms with E-state index < -0.39 is 54.1 Å². The maximum atomic E-state index is 12.0. The Hall–Kier alpha value is -1.54. The third-order valence-corrected chi connectivity index (χ3v) is 8.56.